The largest absolute Gasteiger partial charge is 0.494 e. The van der Waals surface area contributed by atoms with Crippen LogP contribution in [0.2, 0.25) is 0 Å². The van der Waals surface area contributed by atoms with Gasteiger partial charge in [0.25, 0.3) is 0 Å². The molecule has 1 amide bonds. The van der Waals surface area contributed by atoms with Crippen LogP contribution in [0.1, 0.15) is 27.7 Å². The molecule has 0 saturated heterocycles. The molecule has 0 aliphatic heterocycles. The molecule has 30 heavy (non-hydrogen) atoms. The average Bonchev–Trinajstić information content (AvgIpc) is 3.08. The zero-order chi connectivity index (χ0) is 21.5. The van der Waals surface area contributed by atoms with E-state index in [1.165, 1.54) is 24.5 Å². The minimum Gasteiger partial charge on any atom is -0.494 e. The highest BCUT2D eigenvalue weighted by atomic mass is 32.1. The Hall–Kier alpha value is -3.38. The number of ether oxygens (including phenoxy) is 2. The molecule has 0 atom stereocenters. The van der Waals surface area contributed by atoms with Gasteiger partial charge in [0.1, 0.15) is 16.3 Å². The molecule has 0 radical (unpaired) electrons. The maximum absolute atomic E-state index is 12.6. The topological polar surface area (TPSA) is 64.6 Å². The number of nitrogens with one attached hydrogen (secondary N) is 1. The Kier molecular flexibility index (Phi) is 7.03. The smallest absolute Gasteiger partial charge is 0.341 e. The Labute approximate surface area is 180 Å². The van der Waals surface area contributed by atoms with E-state index in [-0.39, 0.29) is 5.91 Å². The third kappa shape index (κ3) is 4.96. The lowest BCUT2D eigenvalue weighted by Crippen LogP contribution is -2.11. The summed E-state index contributed by atoms with van der Waals surface area (Å²) in [6, 6.07) is 17.0. The monoisotopic (exact) mass is 421 g/mol. The lowest BCUT2D eigenvalue weighted by atomic mass is 10.0. The van der Waals surface area contributed by atoms with Gasteiger partial charge in [0.05, 0.1) is 13.7 Å². The third-order valence-corrected chi connectivity index (χ3v) is 5.41. The van der Waals surface area contributed by atoms with Crippen LogP contribution in [-0.4, -0.2) is 25.6 Å². The van der Waals surface area contributed by atoms with E-state index >= 15 is 0 Å². The maximum Gasteiger partial charge on any atom is 0.341 e. The summed E-state index contributed by atoms with van der Waals surface area (Å²) in [5, 5.41) is 3.29. The molecule has 0 aliphatic carbocycles. The van der Waals surface area contributed by atoms with Crippen molar-refractivity contribution in [2.75, 3.05) is 19.0 Å². The van der Waals surface area contributed by atoms with E-state index < -0.39 is 5.97 Å². The minimum absolute atomic E-state index is 0.316. The van der Waals surface area contributed by atoms with Crippen LogP contribution in [0.3, 0.4) is 0 Å². The van der Waals surface area contributed by atoms with Gasteiger partial charge in [-0.15, -0.1) is 11.3 Å². The van der Waals surface area contributed by atoms with Gasteiger partial charge in [0.15, 0.2) is 0 Å². The minimum atomic E-state index is -0.495. The van der Waals surface area contributed by atoms with Crippen molar-refractivity contribution in [2.45, 2.75) is 13.8 Å². The molecule has 1 heterocycles. The lowest BCUT2D eigenvalue weighted by Gasteiger charge is -2.08. The number of amides is 1. The highest BCUT2D eigenvalue weighted by Crippen LogP contribution is 2.40. The molecular weight excluding hydrogens is 398 g/mol. The fourth-order valence-electron chi connectivity index (χ4n) is 3.05. The summed E-state index contributed by atoms with van der Waals surface area (Å²) in [5.41, 5.74) is 2.87. The second-order valence-electron chi connectivity index (χ2n) is 6.42. The zero-order valence-electron chi connectivity index (χ0n) is 17.1. The summed E-state index contributed by atoms with van der Waals surface area (Å²) in [4.78, 5) is 25.9. The number of benzene rings is 2. The standard InChI is InChI=1S/C24H23NO4S/c1-4-29-19-13-11-18(12-14-19)21-16(2)30-23(22(21)24(27)28-3)25-20(26)15-10-17-8-6-5-7-9-17/h5-15H,4H2,1-3H3,(H,25,26). The van der Waals surface area contributed by atoms with Gasteiger partial charge in [0.2, 0.25) is 5.91 Å². The summed E-state index contributed by atoms with van der Waals surface area (Å²) in [7, 11) is 1.33. The molecule has 3 rings (SSSR count). The van der Waals surface area contributed by atoms with Gasteiger partial charge in [-0.1, -0.05) is 42.5 Å². The predicted molar refractivity (Wildman–Crippen MR) is 121 cm³/mol. The molecule has 0 spiro atoms. The number of methoxy groups -OCH3 is 1. The lowest BCUT2D eigenvalue weighted by molar-refractivity contribution is -0.111. The number of rotatable bonds is 7. The Morgan fingerprint density at radius 1 is 1.07 bits per heavy atom. The molecule has 0 fully saturated rings. The molecular formula is C24H23NO4S. The molecule has 154 valence electrons. The molecule has 0 aliphatic rings. The van der Waals surface area contributed by atoms with Crippen molar-refractivity contribution in [3.8, 4) is 16.9 Å². The summed E-state index contributed by atoms with van der Waals surface area (Å²) >= 11 is 1.35. The van der Waals surface area contributed by atoms with Crippen LogP contribution < -0.4 is 10.1 Å². The van der Waals surface area contributed by atoms with Crippen molar-refractivity contribution >= 4 is 34.3 Å². The Morgan fingerprint density at radius 3 is 2.40 bits per heavy atom. The van der Waals surface area contributed by atoms with Crippen LogP contribution in [0.15, 0.2) is 60.7 Å². The van der Waals surface area contributed by atoms with Crippen LogP contribution in [0.5, 0.6) is 5.75 Å². The van der Waals surface area contributed by atoms with Crippen molar-refractivity contribution in [2.24, 2.45) is 0 Å². The van der Waals surface area contributed by atoms with Crippen LogP contribution in [0.25, 0.3) is 17.2 Å². The number of aryl methyl sites for hydroxylation is 1. The highest BCUT2D eigenvalue weighted by Gasteiger charge is 2.24. The number of esters is 1. The number of carbonyl (C=O) groups is 2. The van der Waals surface area contributed by atoms with Gasteiger partial charge in [-0.2, -0.15) is 0 Å². The average molecular weight is 422 g/mol. The van der Waals surface area contributed by atoms with E-state index in [1.54, 1.807) is 6.08 Å². The van der Waals surface area contributed by atoms with Gasteiger partial charge in [-0.05, 0) is 43.2 Å². The summed E-state index contributed by atoms with van der Waals surface area (Å²) in [6.45, 7) is 4.42. The number of hydrogen-bond donors (Lipinski definition) is 1. The van der Waals surface area contributed by atoms with Crippen molar-refractivity contribution in [1.29, 1.82) is 0 Å². The zero-order valence-corrected chi connectivity index (χ0v) is 17.9. The highest BCUT2D eigenvalue weighted by molar-refractivity contribution is 7.17. The molecule has 0 unspecified atom stereocenters. The van der Waals surface area contributed by atoms with E-state index in [0.717, 1.165) is 27.3 Å². The first kappa shape index (κ1) is 21.3. The molecule has 5 nitrogen and oxygen atoms in total. The predicted octanol–water partition coefficient (Wildman–Crippen LogP) is 5.56. The summed E-state index contributed by atoms with van der Waals surface area (Å²) in [6.07, 6.45) is 3.17. The van der Waals surface area contributed by atoms with E-state index in [1.807, 2.05) is 68.4 Å². The Morgan fingerprint density at radius 2 is 1.77 bits per heavy atom. The molecule has 0 bridgehead atoms. The van der Waals surface area contributed by atoms with Crippen LogP contribution >= 0.6 is 11.3 Å². The van der Waals surface area contributed by atoms with Gasteiger partial charge in [-0.3, -0.25) is 4.79 Å². The first-order valence-electron chi connectivity index (χ1n) is 9.52. The second kappa shape index (κ2) is 9.89. The Bertz CT molecular complexity index is 1050. The van der Waals surface area contributed by atoms with Crippen LogP contribution in [0, 0.1) is 6.92 Å². The van der Waals surface area contributed by atoms with Gasteiger partial charge in [0, 0.05) is 16.5 Å². The number of anilines is 1. The third-order valence-electron chi connectivity index (χ3n) is 4.39. The van der Waals surface area contributed by atoms with Crippen molar-refractivity contribution in [1.82, 2.24) is 0 Å². The summed E-state index contributed by atoms with van der Waals surface area (Å²) < 4.78 is 10.5. The molecule has 0 saturated carbocycles. The Balaban J connectivity index is 1.91. The van der Waals surface area contributed by atoms with Crippen LogP contribution in [-0.2, 0) is 9.53 Å². The number of carbonyl (C=O) groups excluding carboxylic acids is 2. The number of hydrogen-bond acceptors (Lipinski definition) is 5. The van der Waals surface area contributed by atoms with E-state index in [0.29, 0.717) is 17.2 Å². The quantitative estimate of drug-likeness (QED) is 0.401. The van der Waals surface area contributed by atoms with Crippen molar-refractivity contribution in [3.63, 3.8) is 0 Å². The second-order valence-corrected chi connectivity index (χ2v) is 7.64. The fraction of sp³-hybridized carbons (Fsp3) is 0.167. The molecule has 3 aromatic rings. The van der Waals surface area contributed by atoms with Gasteiger partial charge >= 0.3 is 5.97 Å². The molecule has 1 N–H and O–H groups in total. The van der Waals surface area contributed by atoms with Crippen molar-refractivity contribution in [3.05, 3.63) is 76.7 Å². The number of thiophene rings is 1. The SMILES string of the molecule is CCOc1ccc(-c2c(C)sc(NC(=O)C=Cc3ccccc3)c2C(=O)OC)cc1. The van der Waals surface area contributed by atoms with E-state index in [9.17, 15) is 9.59 Å². The first-order valence-corrected chi connectivity index (χ1v) is 10.3. The van der Waals surface area contributed by atoms with Gasteiger partial charge < -0.3 is 14.8 Å². The van der Waals surface area contributed by atoms with E-state index in [4.69, 9.17) is 9.47 Å². The fourth-order valence-corrected chi connectivity index (χ4v) is 4.12. The normalized spacial score (nSPS) is 10.8. The van der Waals surface area contributed by atoms with Crippen molar-refractivity contribution < 1.29 is 19.1 Å². The van der Waals surface area contributed by atoms with Crippen LogP contribution in [0.4, 0.5) is 5.00 Å². The molecule has 1 aromatic heterocycles. The summed E-state index contributed by atoms with van der Waals surface area (Å²) in [5.74, 6) is -0.0533. The molecule has 2 aromatic carbocycles. The maximum atomic E-state index is 12.6. The van der Waals surface area contributed by atoms with Gasteiger partial charge in [-0.25, -0.2) is 4.79 Å². The van der Waals surface area contributed by atoms with E-state index in [2.05, 4.69) is 5.32 Å². The molecule has 6 heteroatoms. The first-order chi connectivity index (χ1) is 14.5.